The van der Waals surface area contributed by atoms with Crippen molar-refractivity contribution in [2.24, 2.45) is 5.73 Å². The number of nitrogens with zero attached hydrogens (tertiary/aromatic N) is 1. The SMILES string of the molecule is CCc1cccc2cnc(CN)cc12. The monoisotopic (exact) mass is 186 g/mol. The van der Waals surface area contributed by atoms with E-state index in [1.54, 1.807) is 0 Å². The number of pyridine rings is 1. The summed E-state index contributed by atoms with van der Waals surface area (Å²) in [5.41, 5.74) is 7.89. The van der Waals surface area contributed by atoms with Crippen LogP contribution in [0.15, 0.2) is 30.5 Å². The van der Waals surface area contributed by atoms with E-state index in [0.717, 1.165) is 12.1 Å². The summed E-state index contributed by atoms with van der Waals surface area (Å²) in [6.45, 7) is 2.67. The van der Waals surface area contributed by atoms with Crippen molar-refractivity contribution in [1.82, 2.24) is 4.98 Å². The van der Waals surface area contributed by atoms with E-state index in [2.05, 4.69) is 36.2 Å². The molecule has 0 aliphatic carbocycles. The van der Waals surface area contributed by atoms with E-state index in [4.69, 9.17) is 5.73 Å². The van der Waals surface area contributed by atoms with Crippen molar-refractivity contribution < 1.29 is 0 Å². The molecule has 0 fully saturated rings. The molecule has 0 saturated carbocycles. The van der Waals surface area contributed by atoms with Crippen LogP contribution in [0, 0.1) is 0 Å². The van der Waals surface area contributed by atoms with E-state index in [9.17, 15) is 0 Å². The Balaban J connectivity index is 2.70. The molecule has 72 valence electrons. The highest BCUT2D eigenvalue weighted by atomic mass is 14.7. The molecule has 14 heavy (non-hydrogen) atoms. The van der Waals surface area contributed by atoms with Gasteiger partial charge in [-0.05, 0) is 23.4 Å². The van der Waals surface area contributed by atoms with Gasteiger partial charge in [0.15, 0.2) is 0 Å². The topological polar surface area (TPSA) is 38.9 Å². The van der Waals surface area contributed by atoms with Crippen molar-refractivity contribution in [2.75, 3.05) is 0 Å². The second-order valence-electron chi connectivity index (χ2n) is 3.37. The van der Waals surface area contributed by atoms with Crippen molar-refractivity contribution in [3.63, 3.8) is 0 Å². The van der Waals surface area contributed by atoms with E-state index in [0.29, 0.717) is 6.54 Å². The van der Waals surface area contributed by atoms with Gasteiger partial charge in [-0.2, -0.15) is 0 Å². The summed E-state index contributed by atoms with van der Waals surface area (Å²) >= 11 is 0. The first-order valence-corrected chi connectivity index (χ1v) is 4.91. The van der Waals surface area contributed by atoms with Crippen molar-refractivity contribution in [1.29, 1.82) is 0 Å². The number of aryl methyl sites for hydroxylation is 1. The van der Waals surface area contributed by atoms with Crippen LogP contribution in [-0.2, 0) is 13.0 Å². The molecule has 2 nitrogen and oxygen atoms in total. The molecule has 2 N–H and O–H groups in total. The first-order chi connectivity index (χ1) is 6.85. The molecule has 0 radical (unpaired) electrons. The average Bonchev–Trinajstić information content (AvgIpc) is 2.27. The molecule has 2 heteroatoms. The number of nitrogens with two attached hydrogens (primary N) is 1. The quantitative estimate of drug-likeness (QED) is 0.781. The standard InChI is InChI=1S/C12H14N2/c1-2-9-4-3-5-10-8-14-11(7-13)6-12(9)10/h3-6,8H,2,7,13H2,1H3. The van der Waals surface area contributed by atoms with Crippen molar-refractivity contribution in [3.8, 4) is 0 Å². The van der Waals surface area contributed by atoms with Gasteiger partial charge in [0, 0.05) is 18.1 Å². The smallest absolute Gasteiger partial charge is 0.0545 e. The highest BCUT2D eigenvalue weighted by Crippen LogP contribution is 2.19. The Morgan fingerprint density at radius 1 is 1.36 bits per heavy atom. The minimum atomic E-state index is 0.508. The van der Waals surface area contributed by atoms with E-state index < -0.39 is 0 Å². The van der Waals surface area contributed by atoms with Crippen LogP contribution in [0.25, 0.3) is 10.8 Å². The summed E-state index contributed by atoms with van der Waals surface area (Å²) in [4.78, 5) is 4.28. The van der Waals surface area contributed by atoms with Gasteiger partial charge < -0.3 is 5.73 Å². The summed E-state index contributed by atoms with van der Waals surface area (Å²) in [5.74, 6) is 0. The van der Waals surface area contributed by atoms with E-state index in [1.165, 1.54) is 16.3 Å². The van der Waals surface area contributed by atoms with Gasteiger partial charge in [0.25, 0.3) is 0 Å². The van der Waals surface area contributed by atoms with Gasteiger partial charge in [0.1, 0.15) is 0 Å². The van der Waals surface area contributed by atoms with Gasteiger partial charge in [-0.3, -0.25) is 4.98 Å². The Morgan fingerprint density at radius 3 is 2.93 bits per heavy atom. The predicted octanol–water partition coefficient (Wildman–Crippen LogP) is 2.26. The maximum atomic E-state index is 5.57. The van der Waals surface area contributed by atoms with Gasteiger partial charge in [0.05, 0.1) is 5.69 Å². The Bertz CT molecular complexity index is 449. The summed E-state index contributed by atoms with van der Waals surface area (Å²) in [7, 11) is 0. The van der Waals surface area contributed by atoms with Crippen LogP contribution in [-0.4, -0.2) is 4.98 Å². The van der Waals surface area contributed by atoms with Crippen molar-refractivity contribution in [3.05, 3.63) is 41.7 Å². The van der Waals surface area contributed by atoms with Gasteiger partial charge in [0.2, 0.25) is 0 Å². The van der Waals surface area contributed by atoms with Crippen LogP contribution in [0.3, 0.4) is 0 Å². The fraction of sp³-hybridized carbons (Fsp3) is 0.250. The maximum Gasteiger partial charge on any atom is 0.0545 e. The molecule has 1 heterocycles. The minimum absolute atomic E-state index is 0.508. The molecular formula is C12H14N2. The lowest BCUT2D eigenvalue weighted by Gasteiger charge is -2.05. The lowest BCUT2D eigenvalue weighted by molar-refractivity contribution is 0.996. The van der Waals surface area contributed by atoms with E-state index in [1.807, 2.05) is 6.20 Å². The molecule has 0 aliphatic rings. The predicted molar refractivity (Wildman–Crippen MR) is 59.0 cm³/mol. The average molecular weight is 186 g/mol. The summed E-state index contributed by atoms with van der Waals surface area (Å²) in [5, 5.41) is 2.48. The van der Waals surface area contributed by atoms with Gasteiger partial charge in [-0.1, -0.05) is 25.1 Å². The zero-order valence-electron chi connectivity index (χ0n) is 8.33. The molecule has 2 rings (SSSR count). The zero-order chi connectivity index (χ0) is 9.97. The number of rotatable bonds is 2. The van der Waals surface area contributed by atoms with Crippen LogP contribution < -0.4 is 5.73 Å². The fourth-order valence-corrected chi connectivity index (χ4v) is 1.70. The summed E-state index contributed by atoms with van der Waals surface area (Å²) in [6, 6.07) is 8.41. The van der Waals surface area contributed by atoms with Crippen LogP contribution >= 0.6 is 0 Å². The molecule has 1 aromatic carbocycles. The first-order valence-electron chi connectivity index (χ1n) is 4.91. The normalized spacial score (nSPS) is 10.7. The number of aromatic nitrogens is 1. The zero-order valence-corrected chi connectivity index (χ0v) is 8.33. The van der Waals surface area contributed by atoms with Crippen molar-refractivity contribution >= 4 is 10.8 Å². The highest BCUT2D eigenvalue weighted by molar-refractivity contribution is 5.85. The van der Waals surface area contributed by atoms with Gasteiger partial charge in [-0.15, -0.1) is 0 Å². The summed E-state index contributed by atoms with van der Waals surface area (Å²) in [6.07, 6.45) is 2.95. The lowest BCUT2D eigenvalue weighted by Crippen LogP contribution is -1.99. The Kier molecular flexibility index (Phi) is 2.46. The van der Waals surface area contributed by atoms with E-state index in [-0.39, 0.29) is 0 Å². The molecule has 0 aliphatic heterocycles. The molecule has 1 aromatic heterocycles. The molecule has 0 amide bonds. The van der Waals surface area contributed by atoms with Crippen LogP contribution in [0.5, 0.6) is 0 Å². The Hall–Kier alpha value is -1.41. The van der Waals surface area contributed by atoms with Gasteiger partial charge in [-0.25, -0.2) is 0 Å². The number of benzene rings is 1. The largest absolute Gasteiger partial charge is 0.325 e. The number of hydrogen-bond donors (Lipinski definition) is 1. The molecule has 0 saturated heterocycles. The lowest BCUT2D eigenvalue weighted by atomic mass is 10.0. The van der Waals surface area contributed by atoms with Crippen molar-refractivity contribution in [2.45, 2.75) is 19.9 Å². The third-order valence-electron chi connectivity index (χ3n) is 2.50. The number of fused-ring (bicyclic) bond motifs is 1. The Labute approximate surface area is 83.8 Å². The first kappa shape index (κ1) is 9.16. The fourth-order valence-electron chi connectivity index (χ4n) is 1.70. The molecule has 0 atom stereocenters. The molecule has 0 bridgehead atoms. The molecule has 2 aromatic rings. The van der Waals surface area contributed by atoms with Gasteiger partial charge >= 0.3 is 0 Å². The van der Waals surface area contributed by atoms with E-state index >= 15 is 0 Å². The second kappa shape index (κ2) is 3.76. The third-order valence-corrected chi connectivity index (χ3v) is 2.50. The third kappa shape index (κ3) is 1.49. The summed E-state index contributed by atoms with van der Waals surface area (Å²) < 4.78 is 0. The highest BCUT2D eigenvalue weighted by Gasteiger charge is 2.00. The maximum absolute atomic E-state index is 5.57. The molecular weight excluding hydrogens is 172 g/mol. The van der Waals surface area contributed by atoms with Crippen LogP contribution in [0.1, 0.15) is 18.2 Å². The molecule has 0 unspecified atom stereocenters. The number of hydrogen-bond acceptors (Lipinski definition) is 2. The van der Waals surface area contributed by atoms with Crippen LogP contribution in [0.2, 0.25) is 0 Å². The second-order valence-corrected chi connectivity index (χ2v) is 3.37. The minimum Gasteiger partial charge on any atom is -0.325 e. The molecule has 0 spiro atoms. The van der Waals surface area contributed by atoms with Crippen LogP contribution in [0.4, 0.5) is 0 Å². The Morgan fingerprint density at radius 2 is 2.21 bits per heavy atom.